The Bertz CT molecular complexity index is 906. The van der Waals surface area contributed by atoms with Crippen LogP contribution in [0.4, 0.5) is 4.39 Å². The van der Waals surface area contributed by atoms with Gasteiger partial charge in [-0.2, -0.15) is 0 Å². The second-order valence-corrected chi connectivity index (χ2v) is 8.52. The fourth-order valence-corrected chi connectivity index (χ4v) is 4.50. The molecule has 0 spiro atoms. The third kappa shape index (κ3) is 5.00. The first kappa shape index (κ1) is 19.7. The van der Waals surface area contributed by atoms with Gasteiger partial charge in [-0.25, -0.2) is 9.37 Å². The van der Waals surface area contributed by atoms with E-state index in [-0.39, 0.29) is 11.7 Å². The van der Waals surface area contributed by atoms with Gasteiger partial charge in [0, 0.05) is 19.6 Å². The molecule has 2 aromatic heterocycles. The zero-order chi connectivity index (χ0) is 19.4. The van der Waals surface area contributed by atoms with E-state index in [9.17, 15) is 9.18 Å². The molecule has 0 bridgehead atoms. The summed E-state index contributed by atoms with van der Waals surface area (Å²) in [5.74, 6) is -0.347. The Labute approximate surface area is 166 Å². The van der Waals surface area contributed by atoms with Crippen LogP contribution >= 0.6 is 22.7 Å². The minimum Gasteiger partial charge on any atom is -0.332 e. The summed E-state index contributed by atoms with van der Waals surface area (Å²) >= 11 is 3.03. The van der Waals surface area contributed by atoms with Crippen molar-refractivity contribution in [3.63, 3.8) is 0 Å². The molecule has 3 aromatic rings. The first-order chi connectivity index (χ1) is 12.9. The third-order valence-corrected chi connectivity index (χ3v) is 6.27. The number of rotatable bonds is 7. The molecule has 1 aromatic carbocycles. The van der Waals surface area contributed by atoms with Crippen molar-refractivity contribution in [1.29, 1.82) is 0 Å². The van der Waals surface area contributed by atoms with Crippen molar-refractivity contribution in [2.45, 2.75) is 13.5 Å². The maximum Gasteiger partial charge on any atom is 0.266 e. The third-order valence-electron chi connectivity index (χ3n) is 4.09. The molecule has 4 nitrogen and oxygen atoms in total. The standard InChI is InChI=1S/C20H22FN3OS2/c1-14-18(27-19(22-14)17-8-5-11-26-17)20(25)24(10-9-23(2)3)13-15-6-4-7-16(21)12-15/h4-8,11-12H,9-10,13H2,1-3H3. The highest BCUT2D eigenvalue weighted by Crippen LogP contribution is 2.32. The Morgan fingerprint density at radius 3 is 2.67 bits per heavy atom. The van der Waals surface area contributed by atoms with E-state index in [2.05, 4.69) is 4.98 Å². The van der Waals surface area contributed by atoms with E-state index < -0.39 is 0 Å². The molecule has 0 N–H and O–H groups in total. The minimum atomic E-state index is -0.290. The number of likely N-dealkylation sites (N-methyl/N-ethyl adjacent to an activating group) is 1. The van der Waals surface area contributed by atoms with Gasteiger partial charge in [-0.15, -0.1) is 22.7 Å². The molecular formula is C20H22FN3OS2. The molecule has 0 aliphatic heterocycles. The lowest BCUT2D eigenvalue weighted by atomic mass is 10.2. The number of halogens is 1. The second-order valence-electron chi connectivity index (χ2n) is 6.57. The number of benzene rings is 1. The Morgan fingerprint density at radius 2 is 2.00 bits per heavy atom. The number of hydrogen-bond donors (Lipinski definition) is 0. The molecular weight excluding hydrogens is 381 g/mol. The summed E-state index contributed by atoms with van der Waals surface area (Å²) in [6, 6.07) is 10.4. The fourth-order valence-electron chi connectivity index (χ4n) is 2.67. The van der Waals surface area contributed by atoms with Crippen molar-refractivity contribution in [1.82, 2.24) is 14.8 Å². The zero-order valence-corrected chi connectivity index (χ0v) is 17.2. The van der Waals surface area contributed by atoms with E-state index in [4.69, 9.17) is 0 Å². The van der Waals surface area contributed by atoms with Crippen molar-refractivity contribution >= 4 is 28.6 Å². The Balaban J connectivity index is 1.86. The van der Waals surface area contributed by atoms with E-state index >= 15 is 0 Å². The highest BCUT2D eigenvalue weighted by Gasteiger charge is 2.22. The van der Waals surface area contributed by atoms with Crippen molar-refractivity contribution in [3.05, 3.63) is 63.7 Å². The SMILES string of the molecule is Cc1nc(-c2cccs2)sc1C(=O)N(CCN(C)C)Cc1cccc(F)c1. The molecule has 0 aliphatic carbocycles. The summed E-state index contributed by atoms with van der Waals surface area (Å²) in [6.45, 7) is 3.54. The summed E-state index contributed by atoms with van der Waals surface area (Å²) in [5, 5.41) is 2.87. The van der Waals surface area contributed by atoms with Crippen LogP contribution in [0.2, 0.25) is 0 Å². The molecule has 0 unspecified atom stereocenters. The van der Waals surface area contributed by atoms with Gasteiger partial charge in [0.2, 0.25) is 0 Å². The lowest BCUT2D eigenvalue weighted by molar-refractivity contribution is 0.0735. The first-order valence-corrected chi connectivity index (χ1v) is 10.3. The first-order valence-electron chi connectivity index (χ1n) is 8.64. The van der Waals surface area contributed by atoms with E-state index in [0.29, 0.717) is 18.0 Å². The van der Waals surface area contributed by atoms with Gasteiger partial charge in [0.15, 0.2) is 0 Å². The molecule has 27 heavy (non-hydrogen) atoms. The number of carbonyl (C=O) groups is 1. The predicted octanol–water partition coefficient (Wildman–Crippen LogP) is 4.52. The second kappa shape index (κ2) is 8.73. The topological polar surface area (TPSA) is 36.4 Å². The molecule has 3 rings (SSSR count). The van der Waals surface area contributed by atoms with E-state index in [0.717, 1.165) is 27.7 Å². The van der Waals surface area contributed by atoms with Gasteiger partial charge in [-0.3, -0.25) is 4.79 Å². The maximum atomic E-state index is 13.6. The van der Waals surface area contributed by atoms with Gasteiger partial charge < -0.3 is 9.80 Å². The number of amides is 1. The number of carbonyl (C=O) groups excluding carboxylic acids is 1. The number of thiophene rings is 1. The lowest BCUT2D eigenvalue weighted by Gasteiger charge is -2.24. The van der Waals surface area contributed by atoms with Crippen LogP contribution in [0.3, 0.4) is 0 Å². The molecule has 0 saturated heterocycles. The van der Waals surface area contributed by atoms with E-state index in [1.54, 1.807) is 22.3 Å². The summed E-state index contributed by atoms with van der Waals surface area (Å²) in [5.41, 5.74) is 1.52. The smallest absolute Gasteiger partial charge is 0.266 e. The van der Waals surface area contributed by atoms with Gasteiger partial charge in [0.25, 0.3) is 5.91 Å². The van der Waals surface area contributed by atoms with Gasteiger partial charge in [-0.05, 0) is 50.2 Å². The summed E-state index contributed by atoms with van der Waals surface area (Å²) in [6.07, 6.45) is 0. The van der Waals surface area contributed by atoms with Gasteiger partial charge >= 0.3 is 0 Å². The van der Waals surface area contributed by atoms with Crippen LogP contribution < -0.4 is 0 Å². The number of nitrogens with zero attached hydrogens (tertiary/aromatic N) is 3. The quantitative estimate of drug-likeness (QED) is 0.582. The highest BCUT2D eigenvalue weighted by molar-refractivity contribution is 7.22. The van der Waals surface area contributed by atoms with Crippen molar-refractivity contribution in [2.24, 2.45) is 0 Å². The molecule has 7 heteroatoms. The number of aromatic nitrogens is 1. The molecule has 0 aliphatic rings. The molecule has 1 amide bonds. The van der Waals surface area contributed by atoms with Crippen LogP contribution in [0, 0.1) is 12.7 Å². The minimum absolute atomic E-state index is 0.0566. The molecule has 2 heterocycles. The molecule has 0 radical (unpaired) electrons. The maximum absolute atomic E-state index is 13.6. The van der Waals surface area contributed by atoms with E-state index in [1.165, 1.54) is 23.5 Å². The van der Waals surface area contributed by atoms with Crippen LogP contribution in [0.25, 0.3) is 9.88 Å². The number of hydrogen-bond acceptors (Lipinski definition) is 5. The molecule has 0 atom stereocenters. The predicted molar refractivity (Wildman–Crippen MR) is 110 cm³/mol. The number of thiazole rings is 1. The molecule has 0 fully saturated rings. The van der Waals surface area contributed by atoms with Crippen molar-refractivity contribution < 1.29 is 9.18 Å². The highest BCUT2D eigenvalue weighted by atomic mass is 32.1. The van der Waals surface area contributed by atoms with Gasteiger partial charge in [-0.1, -0.05) is 18.2 Å². The molecule has 0 saturated carbocycles. The summed E-state index contributed by atoms with van der Waals surface area (Å²) in [7, 11) is 3.94. The summed E-state index contributed by atoms with van der Waals surface area (Å²) in [4.78, 5) is 23.3. The lowest BCUT2D eigenvalue weighted by Crippen LogP contribution is -2.36. The average Bonchev–Trinajstić information content (AvgIpc) is 3.27. The fraction of sp³-hybridized carbons (Fsp3) is 0.300. The van der Waals surface area contributed by atoms with Crippen LogP contribution in [-0.4, -0.2) is 47.9 Å². The monoisotopic (exact) mass is 403 g/mol. The van der Waals surface area contributed by atoms with Crippen molar-refractivity contribution in [3.8, 4) is 9.88 Å². The summed E-state index contributed by atoms with van der Waals surface area (Å²) < 4.78 is 13.6. The normalized spacial score (nSPS) is 11.1. The zero-order valence-electron chi connectivity index (χ0n) is 15.6. The molecule has 142 valence electrons. The van der Waals surface area contributed by atoms with Gasteiger partial charge in [0.05, 0.1) is 10.6 Å². The number of aryl methyl sites for hydroxylation is 1. The Morgan fingerprint density at radius 1 is 1.19 bits per heavy atom. The van der Waals surface area contributed by atoms with E-state index in [1.807, 2.05) is 49.5 Å². The Hall–Kier alpha value is -2.09. The van der Waals surface area contributed by atoms with Crippen LogP contribution in [0.15, 0.2) is 41.8 Å². The van der Waals surface area contributed by atoms with Crippen LogP contribution in [0.5, 0.6) is 0 Å². The largest absolute Gasteiger partial charge is 0.332 e. The van der Waals surface area contributed by atoms with Gasteiger partial charge in [0.1, 0.15) is 15.7 Å². The van der Waals surface area contributed by atoms with Crippen molar-refractivity contribution in [2.75, 3.05) is 27.2 Å². The average molecular weight is 404 g/mol. The Kier molecular flexibility index (Phi) is 6.36. The van der Waals surface area contributed by atoms with Crippen LogP contribution in [0.1, 0.15) is 20.9 Å². The van der Waals surface area contributed by atoms with Crippen LogP contribution in [-0.2, 0) is 6.54 Å².